The van der Waals surface area contributed by atoms with Crippen molar-refractivity contribution < 1.29 is 23.1 Å². The van der Waals surface area contributed by atoms with E-state index in [1.807, 2.05) is 24.3 Å². The number of aromatic nitrogens is 1. The van der Waals surface area contributed by atoms with Crippen molar-refractivity contribution in [2.75, 3.05) is 5.32 Å². The van der Waals surface area contributed by atoms with Gasteiger partial charge in [0, 0.05) is 17.1 Å². The first-order valence-corrected chi connectivity index (χ1v) is 11.0. The van der Waals surface area contributed by atoms with Crippen molar-refractivity contribution in [2.24, 2.45) is 0 Å². The Kier molecular flexibility index (Phi) is 6.55. The zero-order chi connectivity index (χ0) is 22.7. The lowest BCUT2D eigenvalue weighted by Gasteiger charge is -2.14. The highest BCUT2D eigenvalue weighted by molar-refractivity contribution is 8.00. The maximum Gasteiger partial charge on any atom is 0.387 e. The number of carbonyl (C=O) groups is 2. The number of alkyl halides is 2. The molecule has 2 aromatic carbocycles. The fourth-order valence-corrected chi connectivity index (χ4v) is 3.95. The van der Waals surface area contributed by atoms with Crippen molar-refractivity contribution >= 4 is 40.2 Å². The number of carbonyl (C=O) groups excluding carboxylic acids is 2. The van der Waals surface area contributed by atoms with Crippen LogP contribution in [0.3, 0.4) is 0 Å². The Bertz CT molecular complexity index is 1140. The number of hydrogen-bond acceptors (Lipinski definition) is 5. The number of ether oxygens (including phenoxy) is 1. The molecule has 2 amide bonds. The van der Waals surface area contributed by atoms with Crippen molar-refractivity contribution in [3.63, 3.8) is 0 Å². The molecule has 6 nitrogen and oxygen atoms in total. The maximum absolute atomic E-state index is 12.7. The average Bonchev–Trinajstić information content (AvgIpc) is 3.58. The molecule has 3 aromatic rings. The predicted octanol–water partition coefficient (Wildman–Crippen LogP) is 4.85. The van der Waals surface area contributed by atoms with Gasteiger partial charge in [0.05, 0.1) is 21.4 Å². The number of para-hydroxylation sites is 1. The SMILES string of the molecule is CC(Sc1cc(C(=O)NC2CC2)c2ccccc2n1)C(=O)Nc1ccc(OC(F)F)cc1. The highest BCUT2D eigenvalue weighted by Gasteiger charge is 2.25. The summed E-state index contributed by atoms with van der Waals surface area (Å²) in [6, 6.07) is 15.0. The Morgan fingerprint density at radius 3 is 2.53 bits per heavy atom. The molecule has 0 aliphatic heterocycles. The van der Waals surface area contributed by atoms with Crippen molar-refractivity contribution in [1.82, 2.24) is 10.3 Å². The van der Waals surface area contributed by atoms with E-state index in [1.54, 1.807) is 13.0 Å². The van der Waals surface area contributed by atoms with Crippen LogP contribution in [-0.2, 0) is 4.79 Å². The monoisotopic (exact) mass is 457 g/mol. The van der Waals surface area contributed by atoms with Gasteiger partial charge in [-0.15, -0.1) is 0 Å². The lowest BCUT2D eigenvalue weighted by Crippen LogP contribution is -2.26. The second kappa shape index (κ2) is 9.52. The summed E-state index contributed by atoms with van der Waals surface area (Å²) in [6.07, 6.45) is 1.98. The number of anilines is 1. The number of benzene rings is 2. The molecule has 1 saturated carbocycles. The molecule has 0 saturated heterocycles. The number of nitrogens with one attached hydrogen (secondary N) is 2. The van der Waals surface area contributed by atoms with E-state index in [-0.39, 0.29) is 23.6 Å². The number of halogens is 2. The fraction of sp³-hybridized carbons (Fsp3) is 0.261. The number of amides is 2. The van der Waals surface area contributed by atoms with Gasteiger partial charge in [-0.3, -0.25) is 9.59 Å². The van der Waals surface area contributed by atoms with Crippen LogP contribution in [-0.4, -0.2) is 34.7 Å². The van der Waals surface area contributed by atoms with Crippen molar-refractivity contribution in [3.05, 3.63) is 60.2 Å². The van der Waals surface area contributed by atoms with E-state index in [0.29, 0.717) is 21.8 Å². The van der Waals surface area contributed by atoms with Crippen molar-refractivity contribution in [1.29, 1.82) is 0 Å². The molecule has 166 valence electrons. The van der Waals surface area contributed by atoms with Crippen LogP contribution in [0.25, 0.3) is 10.9 Å². The van der Waals surface area contributed by atoms with Crippen molar-refractivity contribution in [3.8, 4) is 5.75 Å². The third-order valence-corrected chi connectivity index (χ3v) is 5.88. The van der Waals surface area contributed by atoms with Crippen LogP contribution in [0.2, 0.25) is 0 Å². The molecule has 0 radical (unpaired) electrons. The molecule has 1 atom stereocenters. The van der Waals surface area contributed by atoms with Gasteiger partial charge < -0.3 is 15.4 Å². The smallest absolute Gasteiger partial charge is 0.387 e. The summed E-state index contributed by atoms with van der Waals surface area (Å²) in [7, 11) is 0. The van der Waals surface area contributed by atoms with Gasteiger partial charge in [-0.05, 0) is 56.2 Å². The Morgan fingerprint density at radius 2 is 1.84 bits per heavy atom. The molecule has 0 spiro atoms. The molecule has 1 aromatic heterocycles. The number of pyridine rings is 1. The van der Waals surface area contributed by atoms with E-state index in [0.717, 1.165) is 18.2 Å². The lowest BCUT2D eigenvalue weighted by molar-refractivity contribution is -0.115. The first-order chi connectivity index (χ1) is 15.4. The van der Waals surface area contributed by atoms with Crippen LogP contribution < -0.4 is 15.4 Å². The number of thioether (sulfide) groups is 1. The van der Waals surface area contributed by atoms with Crippen molar-refractivity contribution in [2.45, 2.75) is 42.7 Å². The van der Waals surface area contributed by atoms with Crippen LogP contribution in [0.5, 0.6) is 5.75 Å². The molecule has 1 aliphatic carbocycles. The highest BCUT2D eigenvalue weighted by atomic mass is 32.2. The second-order valence-corrected chi connectivity index (χ2v) is 8.79. The summed E-state index contributed by atoms with van der Waals surface area (Å²) in [5, 5.41) is 6.55. The topological polar surface area (TPSA) is 80.3 Å². The molecule has 1 unspecified atom stereocenters. The van der Waals surface area contributed by atoms with Gasteiger partial charge in [-0.2, -0.15) is 8.78 Å². The number of hydrogen-bond donors (Lipinski definition) is 2. The number of rotatable bonds is 8. The standard InChI is InChI=1S/C23H21F2N3O3S/c1-13(21(29)26-15-8-10-16(11-9-15)31-23(24)25)32-20-12-18(22(30)27-14-6-7-14)17-4-2-3-5-19(17)28-20/h2-5,8-14,23H,6-7H2,1H3,(H,26,29)(H,27,30). The summed E-state index contributed by atoms with van der Waals surface area (Å²) in [4.78, 5) is 30.0. The number of nitrogens with zero attached hydrogens (tertiary/aromatic N) is 1. The van der Waals surface area contributed by atoms with E-state index in [4.69, 9.17) is 0 Å². The van der Waals surface area contributed by atoms with Crippen LogP contribution in [0, 0.1) is 0 Å². The van der Waals surface area contributed by atoms with Crippen LogP contribution >= 0.6 is 11.8 Å². The summed E-state index contributed by atoms with van der Waals surface area (Å²) < 4.78 is 28.8. The van der Waals surface area contributed by atoms with Gasteiger partial charge in [0.1, 0.15) is 5.75 Å². The maximum atomic E-state index is 12.7. The Morgan fingerprint density at radius 1 is 1.12 bits per heavy atom. The molecule has 0 bridgehead atoms. The van der Waals surface area contributed by atoms with Gasteiger partial charge >= 0.3 is 6.61 Å². The average molecular weight is 458 g/mol. The van der Waals surface area contributed by atoms with Gasteiger partial charge in [0.2, 0.25) is 5.91 Å². The predicted molar refractivity (Wildman–Crippen MR) is 119 cm³/mol. The molecule has 1 fully saturated rings. The van der Waals surface area contributed by atoms with Crippen LogP contribution in [0.4, 0.5) is 14.5 Å². The number of fused-ring (bicyclic) bond motifs is 1. The van der Waals surface area contributed by atoms with E-state index in [9.17, 15) is 18.4 Å². The Balaban J connectivity index is 1.47. The molecule has 32 heavy (non-hydrogen) atoms. The third-order valence-electron chi connectivity index (χ3n) is 4.86. The van der Waals surface area contributed by atoms with E-state index in [1.165, 1.54) is 36.0 Å². The van der Waals surface area contributed by atoms with Crippen LogP contribution in [0.15, 0.2) is 59.6 Å². The Hall–Kier alpha value is -3.20. The first kappa shape index (κ1) is 22.0. The molecule has 1 aliphatic rings. The quantitative estimate of drug-likeness (QED) is 0.473. The molecule has 9 heteroatoms. The van der Waals surface area contributed by atoms with Gasteiger partial charge in [0.25, 0.3) is 5.91 Å². The minimum Gasteiger partial charge on any atom is -0.435 e. The van der Waals surface area contributed by atoms with E-state index >= 15 is 0 Å². The fourth-order valence-electron chi connectivity index (χ4n) is 3.09. The third kappa shape index (κ3) is 5.53. The molecular weight excluding hydrogens is 436 g/mol. The first-order valence-electron chi connectivity index (χ1n) is 10.1. The lowest BCUT2D eigenvalue weighted by atomic mass is 10.1. The second-order valence-electron chi connectivity index (χ2n) is 7.43. The summed E-state index contributed by atoms with van der Waals surface area (Å²) >= 11 is 1.24. The molecule has 4 rings (SSSR count). The van der Waals surface area contributed by atoms with Gasteiger partial charge in [0.15, 0.2) is 0 Å². The summed E-state index contributed by atoms with van der Waals surface area (Å²) in [6.45, 7) is -1.17. The van der Waals surface area contributed by atoms with Gasteiger partial charge in [-0.1, -0.05) is 30.0 Å². The van der Waals surface area contributed by atoms with Gasteiger partial charge in [-0.25, -0.2) is 4.98 Å². The highest BCUT2D eigenvalue weighted by Crippen LogP contribution is 2.29. The Labute approximate surface area is 187 Å². The van der Waals surface area contributed by atoms with E-state index in [2.05, 4.69) is 20.4 Å². The molecule has 1 heterocycles. The zero-order valence-electron chi connectivity index (χ0n) is 17.2. The molecule has 2 N–H and O–H groups in total. The zero-order valence-corrected chi connectivity index (χ0v) is 18.0. The van der Waals surface area contributed by atoms with Crippen LogP contribution in [0.1, 0.15) is 30.1 Å². The normalized spacial score (nSPS) is 14.2. The summed E-state index contributed by atoms with van der Waals surface area (Å²) in [5.74, 6) is -0.412. The molecular formula is C23H21F2N3O3S. The van der Waals surface area contributed by atoms with E-state index < -0.39 is 11.9 Å². The minimum absolute atomic E-state index is 0.0118. The largest absolute Gasteiger partial charge is 0.435 e. The summed E-state index contributed by atoms with van der Waals surface area (Å²) in [5.41, 5.74) is 1.67. The minimum atomic E-state index is -2.91.